The molecule has 19 heavy (non-hydrogen) atoms. The van der Waals surface area contributed by atoms with Gasteiger partial charge in [0.25, 0.3) is 0 Å². The SMILES string of the molecule is Cc1cc(NC(C)Cc2ccco2)ccc1C(=O)O. The monoisotopic (exact) mass is 259 g/mol. The van der Waals surface area contributed by atoms with Crippen LogP contribution in [0.15, 0.2) is 41.0 Å². The van der Waals surface area contributed by atoms with Gasteiger partial charge in [-0.15, -0.1) is 0 Å². The first-order chi connectivity index (χ1) is 9.06. The Bertz CT molecular complexity index is 561. The van der Waals surface area contributed by atoms with Crippen LogP contribution in [-0.2, 0) is 6.42 Å². The Morgan fingerprint density at radius 3 is 2.79 bits per heavy atom. The van der Waals surface area contributed by atoms with Crippen molar-refractivity contribution < 1.29 is 14.3 Å². The summed E-state index contributed by atoms with van der Waals surface area (Å²) < 4.78 is 5.30. The molecule has 2 aromatic rings. The van der Waals surface area contributed by atoms with E-state index in [4.69, 9.17) is 9.52 Å². The molecule has 4 heteroatoms. The minimum atomic E-state index is -0.896. The van der Waals surface area contributed by atoms with Crippen molar-refractivity contribution in [2.24, 2.45) is 0 Å². The third-order valence-corrected chi connectivity index (χ3v) is 2.96. The molecule has 1 atom stereocenters. The molecule has 0 saturated carbocycles. The standard InChI is InChI=1S/C15H17NO3/c1-10-8-12(5-6-14(10)15(17)18)16-11(2)9-13-4-3-7-19-13/h3-8,11,16H,9H2,1-2H3,(H,17,18). The molecule has 1 aromatic heterocycles. The van der Waals surface area contributed by atoms with Gasteiger partial charge in [0.2, 0.25) is 0 Å². The molecule has 100 valence electrons. The number of nitrogens with one attached hydrogen (secondary N) is 1. The fourth-order valence-electron chi connectivity index (χ4n) is 2.06. The van der Waals surface area contributed by atoms with Crippen LogP contribution in [0.5, 0.6) is 0 Å². The number of hydrogen-bond donors (Lipinski definition) is 2. The molecule has 0 fully saturated rings. The highest BCUT2D eigenvalue weighted by Crippen LogP contribution is 2.17. The molecular weight excluding hydrogens is 242 g/mol. The molecule has 0 aliphatic heterocycles. The van der Waals surface area contributed by atoms with E-state index in [1.54, 1.807) is 25.3 Å². The normalized spacial score (nSPS) is 12.1. The minimum absolute atomic E-state index is 0.209. The van der Waals surface area contributed by atoms with Gasteiger partial charge in [0, 0.05) is 18.2 Å². The van der Waals surface area contributed by atoms with Crippen LogP contribution in [0, 0.1) is 6.92 Å². The van der Waals surface area contributed by atoms with Crippen LogP contribution < -0.4 is 5.32 Å². The largest absolute Gasteiger partial charge is 0.478 e. The molecular formula is C15H17NO3. The van der Waals surface area contributed by atoms with Gasteiger partial charge in [-0.1, -0.05) is 0 Å². The number of carboxylic acid groups (broad SMARTS) is 1. The average Bonchev–Trinajstić information content (AvgIpc) is 2.81. The first-order valence-electron chi connectivity index (χ1n) is 6.19. The lowest BCUT2D eigenvalue weighted by Gasteiger charge is -2.15. The van der Waals surface area contributed by atoms with E-state index < -0.39 is 5.97 Å². The third-order valence-electron chi connectivity index (χ3n) is 2.96. The number of hydrogen-bond acceptors (Lipinski definition) is 3. The van der Waals surface area contributed by atoms with Gasteiger partial charge in [-0.25, -0.2) is 4.79 Å². The van der Waals surface area contributed by atoms with E-state index in [2.05, 4.69) is 12.2 Å². The number of anilines is 1. The van der Waals surface area contributed by atoms with Crippen LogP contribution in [-0.4, -0.2) is 17.1 Å². The first-order valence-corrected chi connectivity index (χ1v) is 6.19. The van der Waals surface area contributed by atoms with Gasteiger partial charge in [0.15, 0.2) is 0 Å². The maximum atomic E-state index is 10.9. The average molecular weight is 259 g/mol. The predicted octanol–water partition coefficient (Wildman–Crippen LogP) is 3.33. The molecule has 0 aliphatic rings. The second-order valence-corrected chi connectivity index (χ2v) is 4.66. The van der Waals surface area contributed by atoms with E-state index in [0.717, 1.165) is 23.4 Å². The van der Waals surface area contributed by atoms with Gasteiger partial charge in [0.1, 0.15) is 5.76 Å². The molecule has 4 nitrogen and oxygen atoms in total. The maximum absolute atomic E-state index is 10.9. The van der Waals surface area contributed by atoms with Crippen LogP contribution in [0.25, 0.3) is 0 Å². The van der Waals surface area contributed by atoms with E-state index in [0.29, 0.717) is 5.56 Å². The van der Waals surface area contributed by atoms with Crippen molar-refractivity contribution in [1.29, 1.82) is 0 Å². The minimum Gasteiger partial charge on any atom is -0.478 e. The Balaban J connectivity index is 2.03. The van der Waals surface area contributed by atoms with E-state index in [9.17, 15) is 4.79 Å². The van der Waals surface area contributed by atoms with Crippen molar-refractivity contribution in [3.63, 3.8) is 0 Å². The Hall–Kier alpha value is -2.23. The number of aryl methyl sites for hydroxylation is 1. The summed E-state index contributed by atoms with van der Waals surface area (Å²) in [6.45, 7) is 3.86. The third kappa shape index (κ3) is 3.37. The Morgan fingerprint density at radius 2 is 2.21 bits per heavy atom. The molecule has 0 amide bonds. The van der Waals surface area contributed by atoms with E-state index in [1.165, 1.54) is 0 Å². The van der Waals surface area contributed by atoms with Crippen LogP contribution in [0.3, 0.4) is 0 Å². The lowest BCUT2D eigenvalue weighted by Crippen LogP contribution is -2.18. The van der Waals surface area contributed by atoms with Crippen molar-refractivity contribution in [3.05, 3.63) is 53.5 Å². The Kier molecular flexibility index (Phi) is 3.90. The van der Waals surface area contributed by atoms with Gasteiger partial charge >= 0.3 is 5.97 Å². The van der Waals surface area contributed by atoms with Crippen LogP contribution >= 0.6 is 0 Å². The van der Waals surface area contributed by atoms with Crippen molar-refractivity contribution in [2.45, 2.75) is 26.3 Å². The summed E-state index contributed by atoms with van der Waals surface area (Å²) in [6.07, 6.45) is 2.45. The van der Waals surface area contributed by atoms with Crippen LogP contribution in [0.1, 0.15) is 28.6 Å². The number of benzene rings is 1. The number of aromatic carboxylic acids is 1. The number of carboxylic acids is 1. The summed E-state index contributed by atoms with van der Waals surface area (Å²) in [5.41, 5.74) is 2.01. The predicted molar refractivity (Wildman–Crippen MR) is 73.6 cm³/mol. The molecule has 1 unspecified atom stereocenters. The van der Waals surface area contributed by atoms with E-state index in [1.807, 2.05) is 18.2 Å². The van der Waals surface area contributed by atoms with Gasteiger partial charge in [0.05, 0.1) is 11.8 Å². The molecule has 1 heterocycles. The summed E-state index contributed by atoms with van der Waals surface area (Å²) in [5, 5.41) is 12.3. The highest BCUT2D eigenvalue weighted by Gasteiger charge is 2.09. The summed E-state index contributed by atoms with van der Waals surface area (Å²) >= 11 is 0. The molecule has 2 N–H and O–H groups in total. The molecule has 2 rings (SSSR count). The topological polar surface area (TPSA) is 62.5 Å². The summed E-state index contributed by atoms with van der Waals surface area (Å²) in [7, 11) is 0. The second kappa shape index (κ2) is 5.61. The molecule has 1 aromatic carbocycles. The quantitative estimate of drug-likeness (QED) is 0.864. The molecule has 0 aliphatic carbocycles. The second-order valence-electron chi connectivity index (χ2n) is 4.66. The molecule has 0 saturated heterocycles. The van der Waals surface area contributed by atoms with Crippen molar-refractivity contribution >= 4 is 11.7 Å². The zero-order chi connectivity index (χ0) is 13.8. The van der Waals surface area contributed by atoms with Crippen molar-refractivity contribution in [3.8, 4) is 0 Å². The fraction of sp³-hybridized carbons (Fsp3) is 0.267. The summed E-state index contributed by atoms with van der Waals surface area (Å²) in [6, 6.07) is 9.28. The van der Waals surface area contributed by atoms with Gasteiger partial charge in [-0.2, -0.15) is 0 Å². The van der Waals surface area contributed by atoms with Crippen molar-refractivity contribution in [2.75, 3.05) is 5.32 Å². The molecule has 0 bridgehead atoms. The maximum Gasteiger partial charge on any atom is 0.335 e. The highest BCUT2D eigenvalue weighted by molar-refractivity contribution is 5.89. The molecule has 0 spiro atoms. The van der Waals surface area contributed by atoms with E-state index >= 15 is 0 Å². The fourth-order valence-corrected chi connectivity index (χ4v) is 2.06. The number of furan rings is 1. The number of carbonyl (C=O) groups is 1. The van der Waals surface area contributed by atoms with Gasteiger partial charge in [-0.3, -0.25) is 0 Å². The Labute approximate surface area is 112 Å². The summed E-state index contributed by atoms with van der Waals surface area (Å²) in [5.74, 6) is 0.0339. The lowest BCUT2D eigenvalue weighted by atomic mass is 10.1. The zero-order valence-corrected chi connectivity index (χ0v) is 11.0. The molecule has 0 radical (unpaired) electrons. The number of rotatable bonds is 5. The van der Waals surface area contributed by atoms with Gasteiger partial charge in [-0.05, 0) is 49.7 Å². The highest BCUT2D eigenvalue weighted by atomic mass is 16.4. The van der Waals surface area contributed by atoms with Crippen LogP contribution in [0.4, 0.5) is 5.69 Å². The lowest BCUT2D eigenvalue weighted by molar-refractivity contribution is 0.0696. The smallest absolute Gasteiger partial charge is 0.335 e. The van der Waals surface area contributed by atoms with Crippen molar-refractivity contribution in [1.82, 2.24) is 0 Å². The van der Waals surface area contributed by atoms with Crippen LogP contribution in [0.2, 0.25) is 0 Å². The van der Waals surface area contributed by atoms with Gasteiger partial charge < -0.3 is 14.8 Å². The Morgan fingerprint density at radius 1 is 1.42 bits per heavy atom. The zero-order valence-electron chi connectivity index (χ0n) is 11.0. The van der Waals surface area contributed by atoms with E-state index in [-0.39, 0.29) is 6.04 Å². The summed E-state index contributed by atoms with van der Waals surface area (Å²) in [4.78, 5) is 10.9. The first kappa shape index (κ1) is 13.2.